The Hall–Kier alpha value is -1.94. The van der Waals surface area contributed by atoms with Crippen molar-refractivity contribution in [3.8, 4) is 5.75 Å². The largest absolute Gasteiger partial charge is 0.479 e. The number of carboxylic acid groups (broad SMARTS) is 1. The van der Waals surface area contributed by atoms with Crippen LogP contribution in [0.5, 0.6) is 5.75 Å². The predicted molar refractivity (Wildman–Crippen MR) is 106 cm³/mol. The molecule has 0 spiro atoms. The molecule has 2 fully saturated rings. The second-order valence-electron chi connectivity index (χ2n) is 5.95. The quantitative estimate of drug-likeness (QED) is 0.568. The molecule has 2 aliphatic heterocycles. The number of hydrazine groups is 1. The Labute approximate surface area is 166 Å². The van der Waals surface area contributed by atoms with Crippen LogP contribution in [0.25, 0.3) is 6.08 Å². The topological polar surface area (TPSA) is 79.3 Å². The number of amides is 1. The number of hydrogen-bond donors (Lipinski definition) is 1. The highest BCUT2D eigenvalue weighted by Gasteiger charge is 2.37. The Morgan fingerprint density at radius 1 is 1.41 bits per heavy atom. The molecule has 0 aliphatic carbocycles. The van der Waals surface area contributed by atoms with Crippen LogP contribution in [0.4, 0.5) is 0 Å². The molecule has 1 atom stereocenters. The van der Waals surface area contributed by atoms with Crippen molar-refractivity contribution >= 4 is 46.3 Å². The molecule has 1 N–H and O–H groups in total. The SMILES string of the molecule is CCC(Oc1ccccc1/C=C1/SC(=S)N(N2CCOCC2)C1=O)C(=O)O. The molecule has 1 unspecified atom stereocenters. The van der Waals surface area contributed by atoms with E-state index >= 15 is 0 Å². The highest BCUT2D eigenvalue weighted by atomic mass is 32.2. The summed E-state index contributed by atoms with van der Waals surface area (Å²) in [5.41, 5.74) is 0.639. The maximum atomic E-state index is 12.8. The van der Waals surface area contributed by atoms with E-state index in [-0.39, 0.29) is 5.91 Å². The lowest BCUT2D eigenvalue weighted by atomic mass is 10.1. The summed E-state index contributed by atoms with van der Waals surface area (Å²) in [7, 11) is 0. The van der Waals surface area contributed by atoms with Crippen molar-refractivity contribution in [2.75, 3.05) is 26.3 Å². The number of benzene rings is 1. The molecule has 144 valence electrons. The number of carboxylic acids is 1. The first kappa shape index (κ1) is 19.8. The fourth-order valence-electron chi connectivity index (χ4n) is 2.77. The first-order valence-corrected chi connectivity index (χ1v) is 9.82. The Kier molecular flexibility index (Phi) is 6.48. The number of aliphatic carboxylic acids is 1. The van der Waals surface area contributed by atoms with Crippen LogP contribution in [0.15, 0.2) is 29.2 Å². The summed E-state index contributed by atoms with van der Waals surface area (Å²) in [6.45, 7) is 4.07. The van der Waals surface area contributed by atoms with Gasteiger partial charge in [0.15, 0.2) is 10.4 Å². The lowest BCUT2D eigenvalue weighted by molar-refractivity contribution is -0.145. The van der Waals surface area contributed by atoms with Gasteiger partial charge in [-0.1, -0.05) is 49.1 Å². The van der Waals surface area contributed by atoms with Crippen molar-refractivity contribution in [1.82, 2.24) is 10.0 Å². The number of thioether (sulfide) groups is 1. The lowest BCUT2D eigenvalue weighted by Crippen LogP contribution is -2.50. The first-order valence-electron chi connectivity index (χ1n) is 8.60. The van der Waals surface area contributed by atoms with Crippen molar-refractivity contribution < 1.29 is 24.2 Å². The van der Waals surface area contributed by atoms with E-state index in [2.05, 4.69) is 0 Å². The summed E-state index contributed by atoms with van der Waals surface area (Å²) in [6, 6.07) is 7.05. The molecule has 0 radical (unpaired) electrons. The summed E-state index contributed by atoms with van der Waals surface area (Å²) in [5, 5.41) is 12.6. The van der Waals surface area contributed by atoms with Crippen LogP contribution in [0.3, 0.4) is 0 Å². The summed E-state index contributed by atoms with van der Waals surface area (Å²) >= 11 is 6.61. The fraction of sp³-hybridized carbons (Fsp3) is 0.389. The molecule has 1 aromatic rings. The minimum Gasteiger partial charge on any atom is -0.479 e. The van der Waals surface area contributed by atoms with Crippen molar-refractivity contribution in [3.05, 3.63) is 34.7 Å². The normalized spacial score (nSPS) is 20.9. The van der Waals surface area contributed by atoms with Gasteiger partial charge in [-0.2, -0.15) is 0 Å². The highest BCUT2D eigenvalue weighted by Crippen LogP contribution is 2.35. The van der Waals surface area contributed by atoms with Crippen LogP contribution < -0.4 is 4.74 Å². The van der Waals surface area contributed by atoms with Gasteiger partial charge in [-0.25, -0.2) is 14.8 Å². The average molecular weight is 409 g/mol. The molecule has 2 heterocycles. The third kappa shape index (κ3) is 4.49. The molecule has 2 aliphatic rings. The number of para-hydroxylation sites is 1. The summed E-state index contributed by atoms with van der Waals surface area (Å²) in [6.07, 6.45) is 1.09. The zero-order valence-corrected chi connectivity index (χ0v) is 16.4. The number of hydrogen-bond acceptors (Lipinski definition) is 7. The first-order chi connectivity index (χ1) is 13.0. The van der Waals surface area contributed by atoms with E-state index in [1.807, 2.05) is 11.1 Å². The number of nitrogens with zero attached hydrogens (tertiary/aromatic N) is 2. The van der Waals surface area contributed by atoms with Crippen LogP contribution in [0.2, 0.25) is 0 Å². The monoisotopic (exact) mass is 408 g/mol. The second-order valence-corrected chi connectivity index (χ2v) is 7.63. The molecule has 0 bridgehead atoms. The minimum absolute atomic E-state index is 0.188. The smallest absolute Gasteiger partial charge is 0.344 e. The van der Waals surface area contributed by atoms with Gasteiger partial charge in [-0.3, -0.25) is 4.79 Å². The van der Waals surface area contributed by atoms with Crippen LogP contribution in [0, 0.1) is 0 Å². The standard InChI is InChI=1S/C18H20N2O5S2/c1-2-13(17(22)23)25-14-6-4-3-5-12(14)11-15-16(21)20(18(26)27-15)19-7-9-24-10-8-19/h3-6,11,13H,2,7-10H2,1H3,(H,22,23)/b15-11+. The molecule has 3 rings (SSSR count). The van der Waals surface area contributed by atoms with Gasteiger partial charge < -0.3 is 14.6 Å². The molecule has 0 aromatic heterocycles. The maximum Gasteiger partial charge on any atom is 0.344 e. The number of carbonyl (C=O) groups excluding carboxylic acids is 1. The van der Waals surface area contributed by atoms with Crippen molar-refractivity contribution in [2.24, 2.45) is 0 Å². The van der Waals surface area contributed by atoms with Crippen LogP contribution >= 0.6 is 24.0 Å². The van der Waals surface area contributed by atoms with E-state index in [4.69, 9.17) is 21.7 Å². The van der Waals surface area contributed by atoms with Gasteiger partial charge in [-0.05, 0) is 18.6 Å². The van der Waals surface area contributed by atoms with Crippen molar-refractivity contribution in [2.45, 2.75) is 19.4 Å². The van der Waals surface area contributed by atoms with Crippen LogP contribution in [-0.2, 0) is 14.3 Å². The van der Waals surface area contributed by atoms with E-state index in [0.29, 0.717) is 53.3 Å². The highest BCUT2D eigenvalue weighted by molar-refractivity contribution is 8.26. The van der Waals surface area contributed by atoms with E-state index in [0.717, 1.165) is 0 Å². The minimum atomic E-state index is -1.02. The van der Waals surface area contributed by atoms with Gasteiger partial charge in [0, 0.05) is 18.7 Å². The van der Waals surface area contributed by atoms with Gasteiger partial charge in [0.1, 0.15) is 5.75 Å². The molecule has 9 heteroatoms. The van der Waals surface area contributed by atoms with Crippen LogP contribution in [0.1, 0.15) is 18.9 Å². The van der Waals surface area contributed by atoms with E-state index in [1.165, 1.54) is 16.8 Å². The molecular weight excluding hydrogens is 388 g/mol. The third-order valence-corrected chi connectivity index (χ3v) is 5.45. The summed E-state index contributed by atoms with van der Waals surface area (Å²) in [4.78, 5) is 24.6. The molecule has 2 saturated heterocycles. The van der Waals surface area contributed by atoms with Gasteiger partial charge in [0.25, 0.3) is 5.91 Å². The van der Waals surface area contributed by atoms with Crippen molar-refractivity contribution in [3.63, 3.8) is 0 Å². The van der Waals surface area contributed by atoms with Gasteiger partial charge in [0.05, 0.1) is 18.1 Å². The number of carbonyl (C=O) groups is 2. The Morgan fingerprint density at radius 3 is 2.78 bits per heavy atom. The Morgan fingerprint density at radius 2 is 2.11 bits per heavy atom. The summed E-state index contributed by atoms with van der Waals surface area (Å²) in [5.74, 6) is -0.790. The second kappa shape index (κ2) is 8.83. The molecule has 1 aromatic carbocycles. The lowest BCUT2D eigenvalue weighted by Gasteiger charge is -2.33. The zero-order chi connectivity index (χ0) is 19.4. The molecular formula is C18H20N2O5S2. The van der Waals surface area contributed by atoms with E-state index in [1.54, 1.807) is 31.2 Å². The number of thiocarbonyl (C=S) groups is 1. The van der Waals surface area contributed by atoms with E-state index < -0.39 is 12.1 Å². The van der Waals surface area contributed by atoms with E-state index in [9.17, 15) is 14.7 Å². The number of ether oxygens (including phenoxy) is 2. The van der Waals surface area contributed by atoms with Gasteiger partial charge in [-0.15, -0.1) is 0 Å². The Bertz CT molecular complexity index is 777. The fourth-order valence-corrected chi connectivity index (χ4v) is 4.07. The zero-order valence-electron chi connectivity index (χ0n) is 14.8. The number of morpholine rings is 1. The third-order valence-electron chi connectivity index (χ3n) is 4.16. The molecule has 1 amide bonds. The molecule has 7 nitrogen and oxygen atoms in total. The molecule has 27 heavy (non-hydrogen) atoms. The van der Waals surface area contributed by atoms with Crippen LogP contribution in [-0.4, -0.2) is 63.7 Å². The molecule has 0 saturated carbocycles. The average Bonchev–Trinajstić information content (AvgIpc) is 2.94. The van der Waals surface area contributed by atoms with Crippen molar-refractivity contribution in [1.29, 1.82) is 0 Å². The summed E-state index contributed by atoms with van der Waals surface area (Å²) < 4.78 is 11.4. The van der Waals surface area contributed by atoms with Gasteiger partial charge >= 0.3 is 5.97 Å². The number of rotatable bonds is 6. The Balaban J connectivity index is 1.83. The maximum absolute atomic E-state index is 12.8. The van der Waals surface area contributed by atoms with Gasteiger partial charge in [0.2, 0.25) is 0 Å². The predicted octanol–water partition coefficient (Wildman–Crippen LogP) is 2.38.